The molecule has 1 aromatic rings. The van der Waals surface area contributed by atoms with E-state index in [4.69, 9.17) is 5.11 Å². The van der Waals surface area contributed by atoms with Crippen LogP contribution in [0, 0.1) is 5.82 Å². The van der Waals surface area contributed by atoms with Gasteiger partial charge in [0, 0.05) is 7.05 Å². The van der Waals surface area contributed by atoms with Crippen molar-refractivity contribution in [3.05, 3.63) is 29.6 Å². The van der Waals surface area contributed by atoms with Gasteiger partial charge in [0.15, 0.2) is 0 Å². The van der Waals surface area contributed by atoms with Crippen molar-refractivity contribution in [2.24, 2.45) is 0 Å². The van der Waals surface area contributed by atoms with Crippen molar-refractivity contribution >= 4 is 23.7 Å². The molecule has 1 aromatic carbocycles. The van der Waals surface area contributed by atoms with Gasteiger partial charge in [0.25, 0.3) is 0 Å². The minimum atomic E-state index is -1.38. The molecule has 114 valence electrons. The standard InChI is InChI=1S/C13H15FN2O5/c1-3-21-10(17)7-16(2)13(20)15-11-8(12(18)19)5-4-6-9(11)14/h4-6H,3,7H2,1-2H3,(H,15,20)(H,18,19). The number of likely N-dealkylation sites (N-methyl/N-ethyl adjacent to an activating group) is 1. The number of amides is 2. The Bertz CT molecular complexity index is 561. The molecular formula is C13H15FN2O5. The molecule has 0 unspecified atom stereocenters. The summed E-state index contributed by atoms with van der Waals surface area (Å²) >= 11 is 0. The smallest absolute Gasteiger partial charge is 0.337 e. The Morgan fingerprint density at radius 1 is 1.38 bits per heavy atom. The molecule has 0 spiro atoms. The lowest BCUT2D eigenvalue weighted by molar-refractivity contribution is -0.143. The van der Waals surface area contributed by atoms with Crippen molar-refractivity contribution in [3.8, 4) is 0 Å². The van der Waals surface area contributed by atoms with E-state index in [0.29, 0.717) is 0 Å². The highest BCUT2D eigenvalue weighted by molar-refractivity contribution is 6.00. The van der Waals surface area contributed by atoms with E-state index in [0.717, 1.165) is 17.0 Å². The van der Waals surface area contributed by atoms with E-state index < -0.39 is 29.5 Å². The van der Waals surface area contributed by atoms with Gasteiger partial charge in [0.1, 0.15) is 12.4 Å². The Kier molecular flexibility index (Phi) is 5.65. The minimum Gasteiger partial charge on any atom is -0.478 e. The van der Waals surface area contributed by atoms with Crippen LogP contribution in [0.3, 0.4) is 0 Å². The average Bonchev–Trinajstić information content (AvgIpc) is 2.40. The third kappa shape index (κ3) is 4.44. The van der Waals surface area contributed by atoms with Gasteiger partial charge in [-0.2, -0.15) is 0 Å². The number of nitrogens with one attached hydrogen (secondary N) is 1. The van der Waals surface area contributed by atoms with Crippen molar-refractivity contribution in [2.45, 2.75) is 6.92 Å². The highest BCUT2D eigenvalue weighted by Crippen LogP contribution is 2.20. The number of urea groups is 1. The second-order valence-electron chi connectivity index (χ2n) is 4.06. The van der Waals surface area contributed by atoms with Gasteiger partial charge in [-0.05, 0) is 19.1 Å². The van der Waals surface area contributed by atoms with E-state index in [1.165, 1.54) is 13.1 Å². The molecule has 1 rings (SSSR count). The summed E-state index contributed by atoms with van der Waals surface area (Å²) in [5.41, 5.74) is -0.835. The first kappa shape index (κ1) is 16.4. The fourth-order valence-electron chi connectivity index (χ4n) is 1.50. The number of nitrogens with zero attached hydrogens (tertiary/aromatic N) is 1. The summed E-state index contributed by atoms with van der Waals surface area (Å²) in [5, 5.41) is 11.1. The second kappa shape index (κ2) is 7.22. The number of hydrogen-bond donors (Lipinski definition) is 2. The highest BCUT2D eigenvalue weighted by atomic mass is 19.1. The van der Waals surface area contributed by atoms with E-state index in [1.807, 2.05) is 0 Å². The van der Waals surface area contributed by atoms with E-state index in [-0.39, 0.29) is 18.7 Å². The second-order valence-corrected chi connectivity index (χ2v) is 4.06. The maximum atomic E-state index is 13.6. The molecule has 7 nitrogen and oxygen atoms in total. The van der Waals surface area contributed by atoms with Crippen LogP contribution in [0.4, 0.5) is 14.9 Å². The summed E-state index contributed by atoms with van der Waals surface area (Å²) in [6.07, 6.45) is 0. The fourth-order valence-corrected chi connectivity index (χ4v) is 1.50. The summed E-state index contributed by atoms with van der Waals surface area (Å²) in [5.74, 6) is -2.88. The third-order valence-corrected chi connectivity index (χ3v) is 2.49. The van der Waals surface area contributed by atoms with E-state index in [9.17, 15) is 18.8 Å². The van der Waals surface area contributed by atoms with Crippen LogP contribution in [-0.4, -0.2) is 48.2 Å². The maximum Gasteiger partial charge on any atom is 0.337 e. The predicted molar refractivity (Wildman–Crippen MR) is 71.6 cm³/mol. The number of hydrogen-bond acceptors (Lipinski definition) is 4. The van der Waals surface area contributed by atoms with Crippen LogP contribution in [0.15, 0.2) is 18.2 Å². The summed E-state index contributed by atoms with van der Waals surface area (Å²) < 4.78 is 18.3. The predicted octanol–water partition coefficient (Wildman–Crippen LogP) is 1.55. The number of carboxylic acids is 1. The zero-order chi connectivity index (χ0) is 16.0. The van der Waals surface area contributed by atoms with Gasteiger partial charge in [0.05, 0.1) is 17.9 Å². The van der Waals surface area contributed by atoms with Gasteiger partial charge >= 0.3 is 18.0 Å². The molecule has 0 aliphatic rings. The molecule has 2 amide bonds. The van der Waals surface area contributed by atoms with Crippen LogP contribution in [0.1, 0.15) is 17.3 Å². The highest BCUT2D eigenvalue weighted by Gasteiger charge is 2.19. The van der Waals surface area contributed by atoms with Gasteiger partial charge in [-0.3, -0.25) is 4.79 Å². The molecule has 0 aliphatic heterocycles. The first-order valence-electron chi connectivity index (χ1n) is 6.06. The molecule has 0 radical (unpaired) electrons. The summed E-state index contributed by atoms with van der Waals surface area (Å²) in [6, 6.07) is 2.58. The molecule has 0 bridgehead atoms. The van der Waals surface area contributed by atoms with Crippen molar-refractivity contribution < 1.29 is 28.6 Å². The third-order valence-electron chi connectivity index (χ3n) is 2.49. The van der Waals surface area contributed by atoms with Gasteiger partial charge in [-0.25, -0.2) is 14.0 Å². The lowest BCUT2D eigenvalue weighted by Crippen LogP contribution is -2.36. The number of ether oxygens (including phenoxy) is 1. The number of para-hydroxylation sites is 1. The lowest BCUT2D eigenvalue weighted by atomic mass is 10.1. The molecule has 2 N–H and O–H groups in total. The average molecular weight is 298 g/mol. The minimum absolute atomic E-state index is 0.171. The zero-order valence-corrected chi connectivity index (χ0v) is 11.6. The first-order valence-corrected chi connectivity index (χ1v) is 6.06. The number of anilines is 1. The first-order chi connectivity index (χ1) is 9.86. The van der Waals surface area contributed by atoms with Crippen LogP contribution in [0.25, 0.3) is 0 Å². The van der Waals surface area contributed by atoms with Gasteiger partial charge in [0.2, 0.25) is 0 Å². The quantitative estimate of drug-likeness (QED) is 0.804. The monoisotopic (exact) mass is 298 g/mol. The number of benzene rings is 1. The molecule has 0 saturated heterocycles. The van der Waals surface area contributed by atoms with Crippen LogP contribution >= 0.6 is 0 Å². The Morgan fingerprint density at radius 3 is 2.62 bits per heavy atom. The number of carboxylic acid groups (broad SMARTS) is 1. The number of carbonyl (C=O) groups is 3. The Balaban J connectivity index is 2.84. The molecule has 21 heavy (non-hydrogen) atoms. The summed E-state index contributed by atoms with van der Waals surface area (Å²) in [4.78, 5) is 35.0. The van der Waals surface area contributed by atoms with Crippen molar-refractivity contribution in [1.82, 2.24) is 4.90 Å². The van der Waals surface area contributed by atoms with Crippen molar-refractivity contribution in [3.63, 3.8) is 0 Å². The van der Waals surface area contributed by atoms with Gasteiger partial charge < -0.3 is 20.1 Å². The normalized spacial score (nSPS) is 9.86. The van der Waals surface area contributed by atoms with Crippen LogP contribution in [0.2, 0.25) is 0 Å². The molecule has 0 saturated carbocycles. The van der Waals surface area contributed by atoms with Crippen molar-refractivity contribution in [1.29, 1.82) is 0 Å². The summed E-state index contributed by atoms with van der Waals surface area (Å²) in [6.45, 7) is 1.46. The lowest BCUT2D eigenvalue weighted by Gasteiger charge is -2.18. The van der Waals surface area contributed by atoms with E-state index in [1.54, 1.807) is 6.92 Å². The van der Waals surface area contributed by atoms with E-state index >= 15 is 0 Å². The van der Waals surface area contributed by atoms with Crippen LogP contribution in [0.5, 0.6) is 0 Å². The number of esters is 1. The number of aromatic carboxylic acids is 1. The van der Waals surface area contributed by atoms with Crippen LogP contribution < -0.4 is 5.32 Å². The Hall–Kier alpha value is -2.64. The molecular weight excluding hydrogens is 283 g/mol. The SMILES string of the molecule is CCOC(=O)CN(C)C(=O)Nc1c(F)cccc1C(=O)O. The fraction of sp³-hybridized carbons (Fsp3) is 0.308. The molecule has 0 aromatic heterocycles. The summed E-state index contributed by atoms with van der Waals surface area (Å²) in [7, 11) is 1.30. The maximum absolute atomic E-state index is 13.6. The number of halogens is 1. The molecule has 0 atom stereocenters. The molecule has 0 aliphatic carbocycles. The molecule has 0 fully saturated rings. The Labute approximate surface area is 120 Å². The van der Waals surface area contributed by atoms with Crippen LogP contribution in [-0.2, 0) is 9.53 Å². The van der Waals surface area contributed by atoms with E-state index in [2.05, 4.69) is 10.1 Å². The molecule has 0 heterocycles. The molecule has 8 heteroatoms. The number of rotatable bonds is 5. The van der Waals surface area contributed by atoms with Gasteiger partial charge in [-0.15, -0.1) is 0 Å². The van der Waals surface area contributed by atoms with Crippen molar-refractivity contribution in [2.75, 3.05) is 25.5 Å². The zero-order valence-electron chi connectivity index (χ0n) is 11.6. The number of carbonyl (C=O) groups excluding carboxylic acids is 2. The largest absolute Gasteiger partial charge is 0.478 e. The van der Waals surface area contributed by atoms with Gasteiger partial charge in [-0.1, -0.05) is 6.07 Å². The topological polar surface area (TPSA) is 95.9 Å². The Morgan fingerprint density at radius 2 is 2.05 bits per heavy atom.